The van der Waals surface area contributed by atoms with Crippen molar-refractivity contribution in [1.29, 1.82) is 0 Å². The van der Waals surface area contributed by atoms with Gasteiger partial charge in [0.1, 0.15) is 5.38 Å². The number of halogens is 4. The van der Waals surface area contributed by atoms with Crippen LogP contribution in [0.15, 0.2) is 18.2 Å². The predicted octanol–water partition coefficient (Wildman–Crippen LogP) is 3.65. The minimum Gasteiger partial charge on any atom is -0.480 e. The molecular weight excluding hydrogens is 282 g/mol. The zero-order valence-electron chi connectivity index (χ0n) is 7.41. The van der Waals surface area contributed by atoms with Gasteiger partial charge in [-0.1, -0.05) is 29.3 Å². The van der Waals surface area contributed by atoms with Crippen molar-refractivity contribution < 1.29 is 9.90 Å². The summed E-state index contributed by atoms with van der Waals surface area (Å²) < 4.78 is 0. The van der Waals surface area contributed by atoms with Crippen LogP contribution in [0, 0.1) is 0 Å². The molecule has 6 heteroatoms. The minimum absolute atomic E-state index is 0. The van der Waals surface area contributed by atoms with E-state index in [1.165, 1.54) is 0 Å². The average molecular weight is 290 g/mol. The first kappa shape index (κ1) is 14.8. The number of carbonyl (C=O) groups is 1. The summed E-state index contributed by atoms with van der Waals surface area (Å²) in [4.78, 5) is 10.5. The monoisotopic (exact) mass is 288 g/mol. The van der Waals surface area contributed by atoms with Gasteiger partial charge in [-0.2, -0.15) is 0 Å². The summed E-state index contributed by atoms with van der Waals surface area (Å²) in [5.41, 5.74) is 0.568. The van der Waals surface area contributed by atoms with Crippen molar-refractivity contribution in [3.63, 3.8) is 0 Å². The van der Waals surface area contributed by atoms with Crippen molar-refractivity contribution >= 4 is 53.2 Å². The molecule has 1 unspecified atom stereocenters. The number of carboxylic acids is 1. The van der Waals surface area contributed by atoms with Gasteiger partial charge in [0.15, 0.2) is 0 Å². The molecule has 0 aliphatic rings. The van der Waals surface area contributed by atoms with Gasteiger partial charge in [0.2, 0.25) is 0 Å². The molecule has 0 bridgehead atoms. The van der Waals surface area contributed by atoms with Crippen LogP contribution >= 0.6 is 47.2 Å². The molecule has 0 aromatic heterocycles. The summed E-state index contributed by atoms with van der Waals surface area (Å²) in [7, 11) is 0. The van der Waals surface area contributed by atoms with E-state index in [4.69, 9.17) is 39.9 Å². The van der Waals surface area contributed by atoms with Gasteiger partial charge in [0, 0.05) is 16.5 Å². The molecule has 0 saturated carbocycles. The summed E-state index contributed by atoms with van der Waals surface area (Å²) in [6.45, 7) is 0. The Morgan fingerprint density at radius 1 is 1.33 bits per heavy atom. The second kappa shape index (κ2) is 6.44. The molecule has 15 heavy (non-hydrogen) atoms. The van der Waals surface area contributed by atoms with Crippen LogP contribution in [0.25, 0.3) is 0 Å². The lowest BCUT2D eigenvalue weighted by Gasteiger charge is -2.08. The van der Waals surface area contributed by atoms with E-state index in [2.05, 4.69) is 0 Å². The van der Waals surface area contributed by atoms with Crippen molar-refractivity contribution in [2.45, 2.75) is 11.8 Å². The van der Waals surface area contributed by atoms with Crippen LogP contribution in [-0.4, -0.2) is 16.5 Å². The minimum atomic E-state index is -1.08. The van der Waals surface area contributed by atoms with Gasteiger partial charge in [-0.15, -0.1) is 24.0 Å². The van der Waals surface area contributed by atoms with Crippen LogP contribution in [0.1, 0.15) is 5.56 Å². The third-order valence-corrected chi connectivity index (χ3v) is 2.76. The van der Waals surface area contributed by atoms with Gasteiger partial charge in [0.05, 0.1) is 0 Å². The first-order valence-corrected chi connectivity index (χ1v) is 5.01. The second-order valence-corrected chi connectivity index (χ2v) is 4.05. The van der Waals surface area contributed by atoms with Crippen molar-refractivity contribution in [2.75, 3.05) is 0 Å². The Kier molecular flexibility index (Phi) is 6.37. The summed E-state index contributed by atoms with van der Waals surface area (Å²) in [5.74, 6) is -1.08. The summed E-state index contributed by atoms with van der Waals surface area (Å²) in [6.07, 6.45) is 0.120. The van der Waals surface area contributed by atoms with Gasteiger partial charge in [-0.25, -0.2) is 0 Å². The highest BCUT2D eigenvalue weighted by molar-refractivity contribution is 6.36. The molecule has 0 radical (unpaired) electrons. The molecule has 84 valence electrons. The van der Waals surface area contributed by atoms with E-state index in [9.17, 15) is 4.79 Å². The van der Waals surface area contributed by atoms with Crippen LogP contribution in [0.5, 0.6) is 0 Å². The fraction of sp³-hybridized carbons (Fsp3) is 0.222. The van der Waals surface area contributed by atoms with E-state index in [0.717, 1.165) is 0 Å². The van der Waals surface area contributed by atoms with Crippen LogP contribution in [0.4, 0.5) is 0 Å². The molecule has 0 saturated heterocycles. The maximum Gasteiger partial charge on any atom is 0.321 e. The maximum atomic E-state index is 10.5. The standard InChI is InChI=1S/C9H7Cl3O2.ClH/c10-6-2-1-3-7(11)5(6)4-8(12)9(13)14;/h1-3,8H,4H2,(H,13,14);1H. The fourth-order valence-electron chi connectivity index (χ4n) is 0.994. The number of aliphatic carboxylic acids is 1. The van der Waals surface area contributed by atoms with Crippen molar-refractivity contribution in [3.05, 3.63) is 33.8 Å². The molecule has 1 aromatic rings. The summed E-state index contributed by atoms with van der Waals surface area (Å²) in [6, 6.07) is 4.99. The second-order valence-electron chi connectivity index (χ2n) is 2.71. The van der Waals surface area contributed by atoms with Gasteiger partial charge in [-0.05, 0) is 17.7 Å². The Morgan fingerprint density at radius 2 is 1.80 bits per heavy atom. The van der Waals surface area contributed by atoms with Gasteiger partial charge < -0.3 is 5.11 Å². The van der Waals surface area contributed by atoms with Crippen molar-refractivity contribution in [2.24, 2.45) is 0 Å². The van der Waals surface area contributed by atoms with E-state index in [0.29, 0.717) is 15.6 Å². The normalized spacial score (nSPS) is 11.7. The molecule has 0 amide bonds. The molecule has 0 aliphatic heterocycles. The van der Waals surface area contributed by atoms with Crippen molar-refractivity contribution in [3.8, 4) is 0 Å². The third kappa shape index (κ3) is 4.07. The van der Waals surface area contributed by atoms with Gasteiger partial charge in [-0.3, -0.25) is 4.79 Å². The van der Waals surface area contributed by atoms with E-state index in [1.54, 1.807) is 18.2 Å². The smallest absolute Gasteiger partial charge is 0.321 e. The molecular formula is C9H8Cl4O2. The van der Waals surface area contributed by atoms with E-state index >= 15 is 0 Å². The fourth-order valence-corrected chi connectivity index (χ4v) is 1.70. The number of alkyl halides is 1. The first-order valence-electron chi connectivity index (χ1n) is 3.82. The third-order valence-electron chi connectivity index (χ3n) is 1.71. The molecule has 0 heterocycles. The quantitative estimate of drug-likeness (QED) is 0.863. The van der Waals surface area contributed by atoms with E-state index in [1.807, 2.05) is 0 Å². The molecule has 0 spiro atoms. The Bertz CT molecular complexity index is 334. The molecule has 0 aliphatic carbocycles. The SMILES string of the molecule is Cl.O=C(O)C(Cl)Cc1c(Cl)cccc1Cl. The topological polar surface area (TPSA) is 37.3 Å². The highest BCUT2D eigenvalue weighted by Crippen LogP contribution is 2.26. The number of carboxylic acid groups (broad SMARTS) is 1. The number of hydrogen-bond donors (Lipinski definition) is 1. The predicted molar refractivity (Wildman–Crippen MR) is 64.7 cm³/mol. The lowest BCUT2D eigenvalue weighted by molar-refractivity contribution is -0.136. The first-order chi connectivity index (χ1) is 6.52. The highest BCUT2D eigenvalue weighted by Gasteiger charge is 2.17. The molecule has 1 N–H and O–H groups in total. The summed E-state index contributed by atoms with van der Waals surface area (Å²) in [5, 5.41) is 8.47. The van der Waals surface area contributed by atoms with Crippen LogP contribution in [0.3, 0.4) is 0 Å². The Balaban J connectivity index is 0.00000196. The molecule has 1 aromatic carbocycles. The average Bonchev–Trinajstić information content (AvgIpc) is 2.11. The number of hydrogen-bond acceptors (Lipinski definition) is 1. The molecule has 2 nitrogen and oxygen atoms in total. The Labute approximate surface area is 109 Å². The van der Waals surface area contributed by atoms with E-state index in [-0.39, 0.29) is 18.8 Å². The molecule has 1 rings (SSSR count). The van der Waals surface area contributed by atoms with Gasteiger partial charge >= 0.3 is 5.97 Å². The number of benzene rings is 1. The zero-order chi connectivity index (χ0) is 10.7. The van der Waals surface area contributed by atoms with E-state index < -0.39 is 11.3 Å². The molecule has 0 fully saturated rings. The Hall–Kier alpha value is -0.150. The van der Waals surface area contributed by atoms with Crippen LogP contribution < -0.4 is 0 Å². The lowest BCUT2D eigenvalue weighted by Crippen LogP contribution is -2.16. The lowest BCUT2D eigenvalue weighted by atomic mass is 10.1. The van der Waals surface area contributed by atoms with Crippen LogP contribution in [0.2, 0.25) is 10.0 Å². The van der Waals surface area contributed by atoms with Crippen LogP contribution in [-0.2, 0) is 11.2 Å². The number of rotatable bonds is 3. The summed E-state index contributed by atoms with van der Waals surface area (Å²) >= 11 is 17.3. The Morgan fingerprint density at radius 3 is 2.20 bits per heavy atom. The maximum absolute atomic E-state index is 10.5. The largest absolute Gasteiger partial charge is 0.480 e. The van der Waals surface area contributed by atoms with Crippen molar-refractivity contribution in [1.82, 2.24) is 0 Å². The highest BCUT2D eigenvalue weighted by atomic mass is 35.5. The zero-order valence-corrected chi connectivity index (χ0v) is 10.5. The molecule has 1 atom stereocenters. The van der Waals surface area contributed by atoms with Gasteiger partial charge in [0.25, 0.3) is 0 Å².